The van der Waals surface area contributed by atoms with Gasteiger partial charge in [-0.15, -0.1) is 0 Å². The van der Waals surface area contributed by atoms with Crippen LogP contribution in [0, 0.1) is 0 Å². The largest absolute Gasteiger partial charge is 0.385 e. The molecule has 0 aliphatic carbocycles. The van der Waals surface area contributed by atoms with Crippen molar-refractivity contribution >= 4 is 27.3 Å². The Morgan fingerprint density at radius 1 is 1.00 bits per heavy atom. The van der Waals surface area contributed by atoms with Gasteiger partial charge in [-0.2, -0.15) is 0 Å². The second kappa shape index (κ2) is 10.7. The van der Waals surface area contributed by atoms with Gasteiger partial charge in [-0.1, -0.05) is 6.42 Å². The minimum absolute atomic E-state index is 0.150. The summed E-state index contributed by atoms with van der Waals surface area (Å²) < 4.78 is 25.9. The molecule has 1 saturated heterocycles. The van der Waals surface area contributed by atoms with Crippen LogP contribution in [0.4, 0.5) is 11.4 Å². The average molecular weight is 411 g/mol. The van der Waals surface area contributed by atoms with Crippen LogP contribution in [0.3, 0.4) is 0 Å². The topological polar surface area (TPSA) is 81.8 Å². The second-order valence-electron chi connectivity index (χ2n) is 7.52. The Balaban J connectivity index is 1.62. The van der Waals surface area contributed by atoms with E-state index in [4.69, 9.17) is 0 Å². The van der Waals surface area contributed by atoms with E-state index < -0.39 is 10.0 Å². The number of anilines is 2. The van der Waals surface area contributed by atoms with Gasteiger partial charge in [-0.3, -0.25) is 4.79 Å². The van der Waals surface area contributed by atoms with Crippen molar-refractivity contribution in [2.45, 2.75) is 45.3 Å². The summed E-state index contributed by atoms with van der Waals surface area (Å²) in [6.07, 6.45) is 2.82. The molecular weight excluding hydrogens is 376 g/mol. The molecule has 2 N–H and O–H groups in total. The fourth-order valence-corrected chi connectivity index (χ4v) is 3.87. The molecular formula is C20H34N4O3S. The first-order chi connectivity index (χ1) is 13.3. The van der Waals surface area contributed by atoms with E-state index in [9.17, 15) is 13.2 Å². The lowest BCUT2D eigenvalue weighted by molar-refractivity contribution is -0.129. The molecule has 8 heteroatoms. The Morgan fingerprint density at radius 2 is 1.61 bits per heavy atom. The predicted molar refractivity (Wildman–Crippen MR) is 115 cm³/mol. The monoisotopic (exact) mass is 410 g/mol. The number of amides is 1. The van der Waals surface area contributed by atoms with Gasteiger partial charge in [0.15, 0.2) is 0 Å². The third kappa shape index (κ3) is 6.98. The Kier molecular flexibility index (Phi) is 8.57. The number of sulfonamides is 1. The van der Waals surface area contributed by atoms with Gasteiger partial charge in [-0.05, 0) is 51.0 Å². The summed E-state index contributed by atoms with van der Waals surface area (Å²) in [5.74, 6) is 0.150. The Bertz CT molecular complexity index is 711. The number of nitrogens with one attached hydrogen (secondary N) is 2. The SMILES string of the molecule is CC(=O)N1CCN(c2ccc(NCCCCCNS(=O)(=O)C(C)C)cc2)CC1. The maximum absolute atomic E-state index is 11.6. The average Bonchev–Trinajstić information content (AvgIpc) is 2.67. The summed E-state index contributed by atoms with van der Waals surface area (Å²) >= 11 is 0. The smallest absolute Gasteiger partial charge is 0.219 e. The highest BCUT2D eigenvalue weighted by atomic mass is 32.2. The minimum atomic E-state index is -3.14. The van der Waals surface area contributed by atoms with Crippen molar-refractivity contribution in [2.75, 3.05) is 49.5 Å². The van der Waals surface area contributed by atoms with E-state index in [0.717, 1.165) is 57.7 Å². The molecule has 1 heterocycles. The molecule has 0 unspecified atom stereocenters. The maximum atomic E-state index is 11.6. The molecule has 2 rings (SSSR count). The summed E-state index contributed by atoms with van der Waals surface area (Å²) in [6, 6.07) is 8.41. The van der Waals surface area contributed by atoms with Crippen LogP contribution >= 0.6 is 0 Å². The molecule has 158 valence electrons. The van der Waals surface area contributed by atoms with Crippen LogP contribution in [0.2, 0.25) is 0 Å². The lowest BCUT2D eigenvalue weighted by atomic mass is 10.2. The van der Waals surface area contributed by atoms with E-state index in [1.807, 2.05) is 4.90 Å². The number of carbonyl (C=O) groups excluding carboxylic acids is 1. The highest BCUT2D eigenvalue weighted by Crippen LogP contribution is 2.19. The Labute approximate surface area is 169 Å². The van der Waals surface area contributed by atoms with Crippen LogP contribution in [0.1, 0.15) is 40.0 Å². The third-order valence-electron chi connectivity index (χ3n) is 5.06. The Hall–Kier alpha value is -1.80. The molecule has 0 aromatic heterocycles. The molecule has 28 heavy (non-hydrogen) atoms. The van der Waals surface area contributed by atoms with Crippen molar-refractivity contribution in [1.29, 1.82) is 0 Å². The summed E-state index contributed by atoms with van der Waals surface area (Å²) in [6.45, 7) is 9.66. The van der Waals surface area contributed by atoms with Crippen LogP contribution in [0.15, 0.2) is 24.3 Å². The van der Waals surface area contributed by atoms with Crippen LogP contribution in [-0.2, 0) is 14.8 Å². The van der Waals surface area contributed by atoms with Crippen LogP contribution < -0.4 is 14.9 Å². The van der Waals surface area contributed by atoms with Gasteiger partial charge >= 0.3 is 0 Å². The number of benzene rings is 1. The van der Waals surface area contributed by atoms with Crippen molar-refractivity contribution in [3.05, 3.63) is 24.3 Å². The van der Waals surface area contributed by atoms with Crippen molar-refractivity contribution in [2.24, 2.45) is 0 Å². The first-order valence-electron chi connectivity index (χ1n) is 10.1. The van der Waals surface area contributed by atoms with Gasteiger partial charge in [0, 0.05) is 57.6 Å². The highest BCUT2D eigenvalue weighted by Gasteiger charge is 2.18. The molecule has 0 bridgehead atoms. The number of hydrogen-bond donors (Lipinski definition) is 2. The molecule has 1 aromatic carbocycles. The molecule has 7 nitrogen and oxygen atoms in total. The summed E-state index contributed by atoms with van der Waals surface area (Å²) in [7, 11) is -3.14. The number of piperazine rings is 1. The summed E-state index contributed by atoms with van der Waals surface area (Å²) in [4.78, 5) is 15.6. The number of hydrogen-bond acceptors (Lipinski definition) is 5. The number of nitrogens with zero attached hydrogens (tertiary/aromatic N) is 2. The van der Waals surface area contributed by atoms with E-state index in [-0.39, 0.29) is 11.2 Å². The molecule has 0 atom stereocenters. The van der Waals surface area contributed by atoms with Crippen molar-refractivity contribution in [1.82, 2.24) is 9.62 Å². The standard InChI is InChI=1S/C20H34N4O3S/c1-17(2)28(26,27)22-12-6-4-5-11-21-19-7-9-20(10-8-19)24-15-13-23(14-16-24)18(3)25/h7-10,17,21-22H,4-6,11-16H2,1-3H3. The van der Waals surface area contributed by atoms with Crippen LogP contribution in [0.5, 0.6) is 0 Å². The quantitative estimate of drug-likeness (QED) is 0.578. The normalized spacial score (nSPS) is 15.1. The molecule has 0 radical (unpaired) electrons. The van der Waals surface area contributed by atoms with E-state index in [1.165, 1.54) is 5.69 Å². The zero-order valence-electron chi connectivity index (χ0n) is 17.3. The van der Waals surface area contributed by atoms with Gasteiger partial charge in [-0.25, -0.2) is 13.1 Å². The van der Waals surface area contributed by atoms with Gasteiger partial charge in [0.2, 0.25) is 15.9 Å². The molecule has 1 fully saturated rings. The van der Waals surface area contributed by atoms with Crippen molar-refractivity contribution in [3.8, 4) is 0 Å². The molecule has 1 aliphatic heterocycles. The number of rotatable bonds is 10. The van der Waals surface area contributed by atoms with Crippen molar-refractivity contribution in [3.63, 3.8) is 0 Å². The second-order valence-corrected chi connectivity index (χ2v) is 9.84. The van der Waals surface area contributed by atoms with E-state index in [1.54, 1.807) is 20.8 Å². The summed E-state index contributed by atoms with van der Waals surface area (Å²) in [5.41, 5.74) is 2.28. The molecule has 1 aliphatic rings. The lowest BCUT2D eigenvalue weighted by Gasteiger charge is -2.35. The number of unbranched alkanes of at least 4 members (excludes halogenated alkanes) is 2. The lowest BCUT2D eigenvalue weighted by Crippen LogP contribution is -2.48. The first-order valence-corrected chi connectivity index (χ1v) is 11.7. The minimum Gasteiger partial charge on any atom is -0.385 e. The number of carbonyl (C=O) groups is 1. The van der Waals surface area contributed by atoms with E-state index >= 15 is 0 Å². The molecule has 1 amide bonds. The first kappa shape index (κ1) is 22.5. The summed E-state index contributed by atoms with van der Waals surface area (Å²) in [5, 5.41) is 3.03. The molecule has 1 aromatic rings. The molecule has 0 spiro atoms. The zero-order chi connectivity index (χ0) is 20.6. The van der Waals surface area contributed by atoms with Gasteiger partial charge in [0.25, 0.3) is 0 Å². The van der Waals surface area contributed by atoms with Gasteiger partial charge in [0.1, 0.15) is 0 Å². The fourth-order valence-electron chi connectivity index (χ4n) is 3.11. The van der Waals surface area contributed by atoms with Crippen LogP contribution in [-0.4, -0.2) is 63.7 Å². The third-order valence-corrected chi connectivity index (χ3v) is 6.91. The predicted octanol–water partition coefficient (Wildman–Crippen LogP) is 2.27. The molecule has 0 saturated carbocycles. The Morgan fingerprint density at radius 3 is 2.18 bits per heavy atom. The van der Waals surface area contributed by atoms with E-state index in [2.05, 4.69) is 39.2 Å². The zero-order valence-corrected chi connectivity index (χ0v) is 18.1. The maximum Gasteiger partial charge on any atom is 0.219 e. The van der Waals surface area contributed by atoms with Gasteiger partial charge in [0.05, 0.1) is 5.25 Å². The van der Waals surface area contributed by atoms with E-state index in [0.29, 0.717) is 6.54 Å². The fraction of sp³-hybridized carbons (Fsp3) is 0.650. The van der Waals surface area contributed by atoms with Crippen LogP contribution in [0.25, 0.3) is 0 Å². The van der Waals surface area contributed by atoms with Crippen molar-refractivity contribution < 1.29 is 13.2 Å². The highest BCUT2D eigenvalue weighted by molar-refractivity contribution is 7.90. The van der Waals surface area contributed by atoms with Gasteiger partial charge < -0.3 is 15.1 Å².